The van der Waals surface area contributed by atoms with Gasteiger partial charge in [-0.3, -0.25) is 0 Å². The minimum absolute atomic E-state index is 0.0987. The van der Waals surface area contributed by atoms with Crippen LogP contribution in [0.4, 0.5) is 5.82 Å². The van der Waals surface area contributed by atoms with E-state index in [1.165, 1.54) is 22.8 Å². The normalized spacial score (nSPS) is 16.5. The molecule has 0 spiro atoms. The van der Waals surface area contributed by atoms with E-state index in [0.717, 1.165) is 32.0 Å². The van der Waals surface area contributed by atoms with Gasteiger partial charge in [0.15, 0.2) is 0 Å². The number of hydrogen-bond donors (Lipinski definition) is 1. The number of nitrogens with one attached hydrogen (secondary N) is 1. The first-order valence-electron chi connectivity index (χ1n) is 7.55. The molecule has 0 bridgehead atoms. The first kappa shape index (κ1) is 15.6. The number of aromatic nitrogens is 1. The predicted molar refractivity (Wildman–Crippen MR) is 89.9 cm³/mol. The Bertz CT molecular complexity index is 434. The molecule has 0 aliphatic carbocycles. The molecular weight excluding hydrogens is 266 g/mol. The van der Waals surface area contributed by atoms with Gasteiger partial charge in [-0.15, -0.1) is 0 Å². The number of anilines is 1. The molecule has 4 heteroatoms. The van der Waals surface area contributed by atoms with E-state index in [1.807, 2.05) is 11.8 Å². The SMILES string of the molecule is CCNCc1cc(N2CCSCC2)nc(C(C)(C)C)c1. The molecule has 1 aliphatic rings. The fraction of sp³-hybridized carbons (Fsp3) is 0.688. The van der Waals surface area contributed by atoms with Gasteiger partial charge in [-0.1, -0.05) is 27.7 Å². The predicted octanol–water partition coefficient (Wildman–Crippen LogP) is 3.04. The van der Waals surface area contributed by atoms with Crippen molar-refractivity contribution in [1.82, 2.24) is 10.3 Å². The summed E-state index contributed by atoms with van der Waals surface area (Å²) in [6.07, 6.45) is 0. The van der Waals surface area contributed by atoms with E-state index < -0.39 is 0 Å². The van der Waals surface area contributed by atoms with Gasteiger partial charge in [-0.05, 0) is 24.2 Å². The monoisotopic (exact) mass is 293 g/mol. The van der Waals surface area contributed by atoms with Gasteiger partial charge in [0, 0.05) is 42.2 Å². The van der Waals surface area contributed by atoms with Gasteiger partial charge < -0.3 is 10.2 Å². The van der Waals surface area contributed by atoms with Crippen LogP contribution < -0.4 is 10.2 Å². The van der Waals surface area contributed by atoms with Crippen molar-refractivity contribution >= 4 is 17.6 Å². The Hall–Kier alpha value is -0.740. The summed E-state index contributed by atoms with van der Waals surface area (Å²) in [6.45, 7) is 13.0. The first-order chi connectivity index (χ1) is 9.50. The molecule has 0 unspecified atom stereocenters. The number of hydrogen-bond acceptors (Lipinski definition) is 4. The van der Waals surface area contributed by atoms with Crippen molar-refractivity contribution in [2.45, 2.75) is 39.7 Å². The van der Waals surface area contributed by atoms with Crippen LogP contribution in [0, 0.1) is 0 Å². The molecule has 1 fully saturated rings. The van der Waals surface area contributed by atoms with Gasteiger partial charge in [-0.2, -0.15) is 11.8 Å². The molecule has 1 aromatic heterocycles. The largest absolute Gasteiger partial charge is 0.355 e. The zero-order chi connectivity index (χ0) is 14.6. The minimum Gasteiger partial charge on any atom is -0.355 e. The molecule has 112 valence electrons. The van der Waals surface area contributed by atoms with E-state index in [4.69, 9.17) is 4.98 Å². The lowest BCUT2D eigenvalue weighted by Crippen LogP contribution is -2.34. The van der Waals surface area contributed by atoms with Crippen LogP contribution in [-0.2, 0) is 12.0 Å². The molecule has 20 heavy (non-hydrogen) atoms. The van der Waals surface area contributed by atoms with Gasteiger partial charge in [-0.25, -0.2) is 4.98 Å². The second-order valence-corrected chi connectivity index (χ2v) is 7.57. The highest BCUT2D eigenvalue weighted by Crippen LogP contribution is 2.26. The molecule has 2 rings (SSSR count). The standard InChI is InChI=1S/C16H27N3S/c1-5-17-12-13-10-14(16(2,3)4)18-15(11-13)19-6-8-20-9-7-19/h10-11,17H,5-9,12H2,1-4H3. The van der Waals surface area contributed by atoms with E-state index in [2.05, 4.69) is 50.0 Å². The zero-order valence-corrected chi connectivity index (χ0v) is 14.0. The molecule has 0 radical (unpaired) electrons. The van der Waals surface area contributed by atoms with Gasteiger partial charge in [0.2, 0.25) is 0 Å². The number of nitrogens with zero attached hydrogens (tertiary/aromatic N) is 2. The quantitative estimate of drug-likeness (QED) is 0.923. The van der Waals surface area contributed by atoms with Crippen molar-refractivity contribution in [2.75, 3.05) is 36.0 Å². The third-order valence-corrected chi connectivity index (χ3v) is 4.50. The molecule has 0 saturated carbocycles. The van der Waals surface area contributed by atoms with Crippen LogP contribution in [0.5, 0.6) is 0 Å². The zero-order valence-electron chi connectivity index (χ0n) is 13.2. The molecule has 0 amide bonds. The maximum Gasteiger partial charge on any atom is 0.129 e. The maximum atomic E-state index is 4.93. The molecular formula is C16H27N3S. The Morgan fingerprint density at radius 3 is 2.55 bits per heavy atom. The Kier molecular flexibility index (Phi) is 5.33. The van der Waals surface area contributed by atoms with Crippen LogP contribution in [0.2, 0.25) is 0 Å². The van der Waals surface area contributed by atoms with Crippen molar-refractivity contribution < 1.29 is 0 Å². The van der Waals surface area contributed by atoms with Crippen LogP contribution in [0.3, 0.4) is 0 Å². The fourth-order valence-electron chi connectivity index (χ4n) is 2.28. The number of rotatable bonds is 4. The average molecular weight is 293 g/mol. The summed E-state index contributed by atoms with van der Waals surface area (Å²) in [6, 6.07) is 4.51. The van der Waals surface area contributed by atoms with E-state index in [9.17, 15) is 0 Å². The Morgan fingerprint density at radius 2 is 1.95 bits per heavy atom. The number of pyridine rings is 1. The van der Waals surface area contributed by atoms with Gasteiger partial charge in [0.1, 0.15) is 5.82 Å². The van der Waals surface area contributed by atoms with E-state index in [0.29, 0.717) is 0 Å². The summed E-state index contributed by atoms with van der Waals surface area (Å²) in [5, 5.41) is 3.42. The maximum absolute atomic E-state index is 4.93. The molecule has 1 aliphatic heterocycles. The third-order valence-electron chi connectivity index (χ3n) is 3.55. The fourth-order valence-corrected chi connectivity index (χ4v) is 3.18. The smallest absolute Gasteiger partial charge is 0.129 e. The van der Waals surface area contributed by atoms with Gasteiger partial charge in [0.05, 0.1) is 0 Å². The van der Waals surface area contributed by atoms with Crippen LogP contribution in [-0.4, -0.2) is 36.1 Å². The second-order valence-electron chi connectivity index (χ2n) is 6.35. The lowest BCUT2D eigenvalue weighted by atomic mass is 9.90. The summed E-state index contributed by atoms with van der Waals surface area (Å²) < 4.78 is 0. The summed E-state index contributed by atoms with van der Waals surface area (Å²) in [7, 11) is 0. The highest BCUT2D eigenvalue weighted by molar-refractivity contribution is 7.99. The number of thioether (sulfide) groups is 1. The highest BCUT2D eigenvalue weighted by Gasteiger charge is 2.20. The van der Waals surface area contributed by atoms with Crippen LogP contribution in [0.1, 0.15) is 39.0 Å². The van der Waals surface area contributed by atoms with Crippen LogP contribution >= 0.6 is 11.8 Å². The van der Waals surface area contributed by atoms with Gasteiger partial charge >= 0.3 is 0 Å². The Labute approximate surface area is 127 Å². The highest BCUT2D eigenvalue weighted by atomic mass is 32.2. The van der Waals surface area contributed by atoms with Crippen molar-refractivity contribution in [3.63, 3.8) is 0 Å². The van der Waals surface area contributed by atoms with Gasteiger partial charge in [0.25, 0.3) is 0 Å². The molecule has 2 heterocycles. The minimum atomic E-state index is 0.0987. The molecule has 3 nitrogen and oxygen atoms in total. The molecule has 0 aromatic carbocycles. The molecule has 1 aromatic rings. The lowest BCUT2D eigenvalue weighted by Gasteiger charge is -2.29. The molecule has 1 N–H and O–H groups in total. The van der Waals surface area contributed by atoms with Crippen LogP contribution in [0.25, 0.3) is 0 Å². The summed E-state index contributed by atoms with van der Waals surface area (Å²) in [5.74, 6) is 3.58. The average Bonchev–Trinajstić information content (AvgIpc) is 2.45. The van der Waals surface area contributed by atoms with Crippen molar-refractivity contribution in [3.8, 4) is 0 Å². The third kappa shape index (κ3) is 4.13. The Morgan fingerprint density at radius 1 is 1.25 bits per heavy atom. The summed E-state index contributed by atoms with van der Waals surface area (Å²) in [5.41, 5.74) is 2.64. The first-order valence-corrected chi connectivity index (χ1v) is 8.71. The summed E-state index contributed by atoms with van der Waals surface area (Å²) >= 11 is 2.04. The summed E-state index contributed by atoms with van der Waals surface area (Å²) in [4.78, 5) is 7.36. The van der Waals surface area contributed by atoms with E-state index >= 15 is 0 Å². The molecule has 1 saturated heterocycles. The van der Waals surface area contributed by atoms with Crippen molar-refractivity contribution in [3.05, 3.63) is 23.4 Å². The van der Waals surface area contributed by atoms with E-state index in [-0.39, 0.29) is 5.41 Å². The second kappa shape index (κ2) is 6.81. The van der Waals surface area contributed by atoms with E-state index in [1.54, 1.807) is 0 Å². The van der Waals surface area contributed by atoms with Crippen molar-refractivity contribution in [2.24, 2.45) is 0 Å². The van der Waals surface area contributed by atoms with Crippen LogP contribution in [0.15, 0.2) is 12.1 Å². The lowest BCUT2D eigenvalue weighted by molar-refractivity contribution is 0.565. The molecule has 0 atom stereocenters. The van der Waals surface area contributed by atoms with Crippen molar-refractivity contribution in [1.29, 1.82) is 0 Å². The Balaban J connectivity index is 2.29. The topological polar surface area (TPSA) is 28.2 Å².